The van der Waals surface area contributed by atoms with Crippen molar-refractivity contribution in [2.45, 2.75) is 79.1 Å². The summed E-state index contributed by atoms with van der Waals surface area (Å²) in [6.45, 7) is 9.49. The number of hydrogen-bond acceptors (Lipinski definition) is 0. The molecule has 0 rings (SSSR count). The standard InChI is InChI=1S/C16H36P/c1-5-9-11-13-16-17(8-4,14-7-3)15-12-10-6-2/h5-16H2,1-4H3/q+1. The molecule has 0 amide bonds. The van der Waals surface area contributed by atoms with Crippen molar-refractivity contribution in [1.29, 1.82) is 0 Å². The lowest BCUT2D eigenvalue weighted by molar-refractivity contribution is 0.700. The number of unbranched alkanes of at least 4 members (excludes halogenated alkanes) is 5. The maximum Gasteiger partial charge on any atom is 0.0594 e. The molecule has 0 N–H and O–H groups in total. The van der Waals surface area contributed by atoms with E-state index < -0.39 is 7.26 Å². The molecule has 0 nitrogen and oxygen atoms in total. The van der Waals surface area contributed by atoms with Crippen molar-refractivity contribution in [2.75, 3.05) is 24.6 Å². The van der Waals surface area contributed by atoms with Gasteiger partial charge in [0.1, 0.15) is 0 Å². The first-order valence-electron chi connectivity index (χ1n) is 8.09. The van der Waals surface area contributed by atoms with E-state index in [0.717, 1.165) is 0 Å². The average Bonchev–Trinajstić information content (AvgIpc) is 2.35. The summed E-state index contributed by atoms with van der Waals surface area (Å²) in [7, 11) is -0.547. The molecule has 0 saturated carbocycles. The fraction of sp³-hybridized carbons (Fsp3) is 1.00. The first-order valence-corrected chi connectivity index (χ1v) is 10.6. The maximum atomic E-state index is 2.47. The topological polar surface area (TPSA) is 0 Å². The predicted molar refractivity (Wildman–Crippen MR) is 86.0 cm³/mol. The third-order valence-electron chi connectivity index (χ3n) is 4.09. The largest absolute Gasteiger partial charge is 0.0654 e. The van der Waals surface area contributed by atoms with Crippen LogP contribution < -0.4 is 0 Å². The second-order valence-electron chi connectivity index (χ2n) is 5.60. The number of rotatable bonds is 12. The van der Waals surface area contributed by atoms with Crippen molar-refractivity contribution in [2.24, 2.45) is 0 Å². The Bertz CT molecular complexity index is 156. The Kier molecular flexibility index (Phi) is 11.8. The molecule has 0 aromatic heterocycles. The van der Waals surface area contributed by atoms with E-state index in [1.165, 1.54) is 57.5 Å². The van der Waals surface area contributed by atoms with E-state index in [0.29, 0.717) is 0 Å². The van der Waals surface area contributed by atoms with Crippen molar-refractivity contribution in [3.8, 4) is 0 Å². The molecule has 0 aromatic rings. The molecule has 1 heteroatoms. The highest BCUT2D eigenvalue weighted by molar-refractivity contribution is 7.75. The highest BCUT2D eigenvalue weighted by atomic mass is 31.2. The lowest BCUT2D eigenvalue weighted by Crippen LogP contribution is -2.10. The van der Waals surface area contributed by atoms with Crippen LogP contribution in [0.3, 0.4) is 0 Å². The molecule has 0 saturated heterocycles. The molecule has 1 atom stereocenters. The molecule has 0 radical (unpaired) electrons. The monoisotopic (exact) mass is 259 g/mol. The third-order valence-corrected chi connectivity index (χ3v) is 9.36. The van der Waals surface area contributed by atoms with Crippen LogP contribution in [0.4, 0.5) is 0 Å². The summed E-state index contributed by atoms with van der Waals surface area (Å²) in [5, 5.41) is 0. The van der Waals surface area contributed by atoms with Crippen molar-refractivity contribution in [3.63, 3.8) is 0 Å². The molecule has 0 aliphatic rings. The summed E-state index contributed by atoms with van der Waals surface area (Å²) >= 11 is 0. The van der Waals surface area contributed by atoms with Crippen LogP contribution in [0.5, 0.6) is 0 Å². The Hall–Kier alpha value is 0.430. The molecule has 0 aromatic carbocycles. The summed E-state index contributed by atoms with van der Waals surface area (Å²) < 4.78 is 0. The molecular formula is C16H36P+. The fourth-order valence-corrected chi connectivity index (χ4v) is 7.21. The van der Waals surface area contributed by atoms with E-state index in [-0.39, 0.29) is 0 Å². The van der Waals surface area contributed by atoms with Crippen LogP contribution >= 0.6 is 7.26 Å². The fourth-order valence-electron chi connectivity index (χ4n) is 2.86. The summed E-state index contributed by atoms with van der Waals surface area (Å²) in [6.07, 6.45) is 17.9. The first-order chi connectivity index (χ1) is 8.24. The van der Waals surface area contributed by atoms with Gasteiger partial charge in [-0.1, -0.05) is 46.5 Å². The van der Waals surface area contributed by atoms with E-state index >= 15 is 0 Å². The Morgan fingerprint density at radius 3 is 1.53 bits per heavy atom. The Labute approximate surface area is 111 Å². The highest BCUT2D eigenvalue weighted by Gasteiger charge is 2.32. The Balaban J connectivity index is 4.06. The molecule has 0 heterocycles. The minimum atomic E-state index is -0.547. The van der Waals surface area contributed by atoms with Crippen molar-refractivity contribution >= 4 is 7.26 Å². The predicted octanol–water partition coefficient (Wildman–Crippen LogP) is 6.20. The summed E-state index contributed by atoms with van der Waals surface area (Å²) in [4.78, 5) is 0. The van der Waals surface area contributed by atoms with E-state index in [9.17, 15) is 0 Å². The van der Waals surface area contributed by atoms with Crippen LogP contribution in [-0.4, -0.2) is 24.6 Å². The summed E-state index contributed by atoms with van der Waals surface area (Å²) in [6, 6.07) is 0. The molecule has 0 fully saturated rings. The third kappa shape index (κ3) is 8.20. The second-order valence-corrected chi connectivity index (χ2v) is 10.3. The zero-order valence-corrected chi connectivity index (χ0v) is 13.8. The van der Waals surface area contributed by atoms with Gasteiger partial charge in [-0.15, -0.1) is 0 Å². The van der Waals surface area contributed by atoms with E-state index in [1.807, 2.05) is 0 Å². The Morgan fingerprint density at radius 1 is 0.529 bits per heavy atom. The van der Waals surface area contributed by atoms with Crippen LogP contribution in [0.25, 0.3) is 0 Å². The minimum absolute atomic E-state index is 0.547. The van der Waals surface area contributed by atoms with E-state index in [2.05, 4.69) is 27.7 Å². The van der Waals surface area contributed by atoms with Gasteiger partial charge in [0.25, 0.3) is 0 Å². The molecule has 104 valence electrons. The van der Waals surface area contributed by atoms with Crippen LogP contribution in [0.15, 0.2) is 0 Å². The van der Waals surface area contributed by atoms with E-state index in [4.69, 9.17) is 0 Å². The molecule has 0 bridgehead atoms. The van der Waals surface area contributed by atoms with Gasteiger partial charge in [0.05, 0.1) is 24.6 Å². The molecular weight excluding hydrogens is 223 g/mol. The van der Waals surface area contributed by atoms with Gasteiger partial charge < -0.3 is 0 Å². The quantitative estimate of drug-likeness (QED) is 0.289. The van der Waals surface area contributed by atoms with Crippen LogP contribution in [0.2, 0.25) is 0 Å². The van der Waals surface area contributed by atoms with Gasteiger partial charge >= 0.3 is 0 Å². The van der Waals surface area contributed by atoms with Crippen LogP contribution in [-0.2, 0) is 0 Å². The minimum Gasteiger partial charge on any atom is -0.0654 e. The highest BCUT2D eigenvalue weighted by Crippen LogP contribution is 2.60. The van der Waals surface area contributed by atoms with Gasteiger partial charge in [0.2, 0.25) is 0 Å². The van der Waals surface area contributed by atoms with Gasteiger partial charge in [-0.3, -0.25) is 0 Å². The van der Waals surface area contributed by atoms with Gasteiger partial charge in [0, 0.05) is 7.26 Å². The molecule has 0 spiro atoms. The summed E-state index contributed by atoms with van der Waals surface area (Å²) in [5.41, 5.74) is 0. The van der Waals surface area contributed by atoms with Crippen molar-refractivity contribution in [3.05, 3.63) is 0 Å². The normalized spacial score (nSPS) is 14.8. The molecule has 17 heavy (non-hydrogen) atoms. The lowest BCUT2D eigenvalue weighted by Gasteiger charge is -2.26. The second kappa shape index (κ2) is 11.5. The SMILES string of the molecule is CCCCCC[P+](CC)(CCC)CCCCC. The van der Waals surface area contributed by atoms with Gasteiger partial charge in [0.15, 0.2) is 0 Å². The molecule has 0 aliphatic carbocycles. The van der Waals surface area contributed by atoms with Gasteiger partial charge in [-0.25, -0.2) is 0 Å². The van der Waals surface area contributed by atoms with Gasteiger partial charge in [-0.05, 0) is 32.6 Å². The van der Waals surface area contributed by atoms with Gasteiger partial charge in [-0.2, -0.15) is 0 Å². The first kappa shape index (κ1) is 17.4. The number of hydrogen-bond donors (Lipinski definition) is 0. The van der Waals surface area contributed by atoms with Crippen molar-refractivity contribution in [1.82, 2.24) is 0 Å². The smallest absolute Gasteiger partial charge is 0.0594 e. The molecule has 1 unspecified atom stereocenters. The van der Waals surface area contributed by atoms with Crippen molar-refractivity contribution < 1.29 is 0 Å². The maximum absolute atomic E-state index is 2.47. The Morgan fingerprint density at radius 2 is 1.06 bits per heavy atom. The average molecular weight is 259 g/mol. The molecule has 0 aliphatic heterocycles. The van der Waals surface area contributed by atoms with E-state index in [1.54, 1.807) is 18.5 Å². The zero-order chi connectivity index (χ0) is 13.0. The summed E-state index contributed by atoms with van der Waals surface area (Å²) in [5.74, 6) is 0. The van der Waals surface area contributed by atoms with Crippen LogP contribution in [0.1, 0.15) is 79.1 Å². The zero-order valence-electron chi connectivity index (χ0n) is 12.9. The van der Waals surface area contributed by atoms with Crippen LogP contribution in [0, 0.1) is 0 Å². The lowest BCUT2D eigenvalue weighted by atomic mass is 10.2.